The van der Waals surface area contributed by atoms with Gasteiger partial charge in [-0.25, -0.2) is 0 Å². The first-order valence-electron chi connectivity index (χ1n) is 5.23. The van der Waals surface area contributed by atoms with Crippen molar-refractivity contribution < 1.29 is 4.79 Å². The number of anilines is 1. The van der Waals surface area contributed by atoms with E-state index in [2.05, 4.69) is 26.1 Å². The standard InChI is InChI=1S/C13H19NO/c1-10-5-7-11(8-6-10)14-12(15)9-13(2,3)4/h5-8H,9H2,1-4H3,(H,14,15). The zero-order chi connectivity index (χ0) is 11.5. The summed E-state index contributed by atoms with van der Waals surface area (Å²) in [7, 11) is 0. The van der Waals surface area contributed by atoms with E-state index >= 15 is 0 Å². The number of aryl methyl sites for hydroxylation is 1. The molecule has 1 aromatic carbocycles. The molecule has 0 aliphatic carbocycles. The van der Waals surface area contributed by atoms with Gasteiger partial charge in [-0.1, -0.05) is 38.5 Å². The molecule has 82 valence electrons. The van der Waals surface area contributed by atoms with Crippen LogP contribution < -0.4 is 5.32 Å². The molecule has 1 amide bonds. The minimum absolute atomic E-state index is 0.0365. The molecule has 0 fully saturated rings. The second kappa shape index (κ2) is 4.47. The van der Waals surface area contributed by atoms with Crippen molar-refractivity contribution in [2.24, 2.45) is 5.41 Å². The highest BCUT2D eigenvalue weighted by molar-refractivity contribution is 5.91. The SMILES string of the molecule is Cc1ccc(NC(=O)CC(C)(C)C)cc1. The Morgan fingerprint density at radius 1 is 1.20 bits per heavy atom. The lowest BCUT2D eigenvalue weighted by Gasteiger charge is -2.17. The molecule has 0 unspecified atom stereocenters. The van der Waals surface area contributed by atoms with Gasteiger partial charge in [-0.05, 0) is 24.5 Å². The van der Waals surface area contributed by atoms with Crippen LogP contribution in [0, 0.1) is 12.3 Å². The topological polar surface area (TPSA) is 29.1 Å². The quantitative estimate of drug-likeness (QED) is 0.788. The molecule has 0 aromatic heterocycles. The maximum Gasteiger partial charge on any atom is 0.224 e. The fraction of sp³-hybridized carbons (Fsp3) is 0.462. The maximum atomic E-state index is 11.6. The van der Waals surface area contributed by atoms with Crippen LogP contribution in [0.15, 0.2) is 24.3 Å². The first-order valence-corrected chi connectivity index (χ1v) is 5.23. The molecule has 0 heterocycles. The number of benzene rings is 1. The Bertz CT molecular complexity index is 333. The Balaban J connectivity index is 2.55. The van der Waals surface area contributed by atoms with E-state index in [4.69, 9.17) is 0 Å². The van der Waals surface area contributed by atoms with Crippen molar-refractivity contribution in [2.75, 3.05) is 5.32 Å². The van der Waals surface area contributed by atoms with Gasteiger partial charge in [0.1, 0.15) is 0 Å². The Kier molecular flexibility index (Phi) is 3.51. The lowest BCUT2D eigenvalue weighted by atomic mass is 9.92. The number of carbonyl (C=O) groups is 1. The molecule has 0 atom stereocenters. The van der Waals surface area contributed by atoms with Crippen molar-refractivity contribution in [3.8, 4) is 0 Å². The lowest BCUT2D eigenvalue weighted by molar-refractivity contribution is -0.117. The van der Waals surface area contributed by atoms with Gasteiger partial charge in [0, 0.05) is 12.1 Å². The van der Waals surface area contributed by atoms with E-state index in [1.165, 1.54) is 5.56 Å². The van der Waals surface area contributed by atoms with Crippen LogP contribution in [-0.4, -0.2) is 5.91 Å². The number of carbonyl (C=O) groups excluding carboxylic acids is 1. The fourth-order valence-corrected chi connectivity index (χ4v) is 1.32. The van der Waals surface area contributed by atoms with E-state index in [-0.39, 0.29) is 11.3 Å². The number of rotatable bonds is 2. The summed E-state index contributed by atoms with van der Waals surface area (Å²) in [6.07, 6.45) is 0.543. The minimum Gasteiger partial charge on any atom is -0.326 e. The Labute approximate surface area is 91.7 Å². The molecular formula is C13H19NO. The van der Waals surface area contributed by atoms with Gasteiger partial charge in [-0.2, -0.15) is 0 Å². The molecule has 0 bridgehead atoms. The first kappa shape index (κ1) is 11.8. The third-order valence-electron chi connectivity index (χ3n) is 2.03. The molecule has 0 saturated heterocycles. The fourth-order valence-electron chi connectivity index (χ4n) is 1.32. The van der Waals surface area contributed by atoms with Crippen molar-refractivity contribution in [2.45, 2.75) is 34.1 Å². The third-order valence-corrected chi connectivity index (χ3v) is 2.03. The first-order chi connectivity index (χ1) is 6.87. The van der Waals surface area contributed by atoms with Gasteiger partial charge in [-0.15, -0.1) is 0 Å². The molecule has 0 aliphatic heterocycles. The van der Waals surface area contributed by atoms with Crippen LogP contribution in [0.5, 0.6) is 0 Å². The molecule has 15 heavy (non-hydrogen) atoms. The van der Waals surface area contributed by atoms with Gasteiger partial charge in [0.05, 0.1) is 0 Å². The predicted molar refractivity (Wildman–Crippen MR) is 63.9 cm³/mol. The highest BCUT2D eigenvalue weighted by atomic mass is 16.1. The summed E-state index contributed by atoms with van der Waals surface area (Å²) in [6, 6.07) is 7.84. The van der Waals surface area contributed by atoms with Crippen LogP contribution >= 0.6 is 0 Å². The Morgan fingerprint density at radius 2 is 1.73 bits per heavy atom. The number of amides is 1. The van der Waals surface area contributed by atoms with Crippen molar-refractivity contribution in [1.29, 1.82) is 0 Å². The van der Waals surface area contributed by atoms with Crippen LogP contribution in [0.25, 0.3) is 0 Å². The molecule has 0 radical (unpaired) electrons. The van der Waals surface area contributed by atoms with E-state index < -0.39 is 0 Å². The van der Waals surface area contributed by atoms with Crippen molar-refractivity contribution in [3.63, 3.8) is 0 Å². The normalized spacial score (nSPS) is 11.2. The summed E-state index contributed by atoms with van der Waals surface area (Å²) in [4.78, 5) is 11.6. The second-order valence-electron chi connectivity index (χ2n) is 5.15. The minimum atomic E-state index is 0.0365. The van der Waals surface area contributed by atoms with Crippen LogP contribution in [0.3, 0.4) is 0 Å². The highest BCUT2D eigenvalue weighted by Gasteiger charge is 2.15. The second-order valence-corrected chi connectivity index (χ2v) is 5.15. The monoisotopic (exact) mass is 205 g/mol. The molecule has 1 aromatic rings. The van der Waals surface area contributed by atoms with Crippen molar-refractivity contribution in [1.82, 2.24) is 0 Å². The predicted octanol–water partition coefficient (Wildman–Crippen LogP) is 3.37. The van der Waals surface area contributed by atoms with Gasteiger partial charge in [-0.3, -0.25) is 4.79 Å². The summed E-state index contributed by atoms with van der Waals surface area (Å²) in [6.45, 7) is 8.20. The van der Waals surface area contributed by atoms with Crippen molar-refractivity contribution >= 4 is 11.6 Å². The van der Waals surface area contributed by atoms with Crippen LogP contribution in [0.2, 0.25) is 0 Å². The number of hydrogen-bond donors (Lipinski definition) is 1. The molecule has 0 aliphatic rings. The molecular weight excluding hydrogens is 186 g/mol. The molecule has 1 N–H and O–H groups in total. The van der Waals surface area contributed by atoms with E-state index in [1.54, 1.807) is 0 Å². The molecule has 1 rings (SSSR count). The van der Waals surface area contributed by atoms with E-state index in [1.807, 2.05) is 31.2 Å². The Hall–Kier alpha value is -1.31. The molecule has 0 spiro atoms. The van der Waals surface area contributed by atoms with Gasteiger partial charge in [0.15, 0.2) is 0 Å². The highest BCUT2D eigenvalue weighted by Crippen LogP contribution is 2.19. The summed E-state index contributed by atoms with van der Waals surface area (Å²) in [5.74, 6) is 0.0753. The van der Waals surface area contributed by atoms with Crippen molar-refractivity contribution in [3.05, 3.63) is 29.8 Å². The molecule has 2 nitrogen and oxygen atoms in total. The lowest BCUT2D eigenvalue weighted by Crippen LogP contribution is -2.19. The zero-order valence-electron chi connectivity index (χ0n) is 9.92. The third kappa shape index (κ3) is 4.63. The average Bonchev–Trinajstić information content (AvgIpc) is 2.05. The number of hydrogen-bond acceptors (Lipinski definition) is 1. The van der Waals surface area contributed by atoms with E-state index in [0.717, 1.165) is 5.69 Å². The van der Waals surface area contributed by atoms with Crippen LogP contribution in [-0.2, 0) is 4.79 Å². The molecule has 2 heteroatoms. The smallest absolute Gasteiger partial charge is 0.224 e. The Morgan fingerprint density at radius 3 is 2.20 bits per heavy atom. The summed E-state index contributed by atoms with van der Waals surface area (Å²) >= 11 is 0. The van der Waals surface area contributed by atoms with E-state index in [0.29, 0.717) is 6.42 Å². The largest absolute Gasteiger partial charge is 0.326 e. The van der Waals surface area contributed by atoms with Gasteiger partial charge >= 0.3 is 0 Å². The average molecular weight is 205 g/mol. The van der Waals surface area contributed by atoms with Gasteiger partial charge in [0.2, 0.25) is 5.91 Å². The van der Waals surface area contributed by atoms with Gasteiger partial charge in [0.25, 0.3) is 0 Å². The summed E-state index contributed by atoms with van der Waals surface area (Å²) < 4.78 is 0. The summed E-state index contributed by atoms with van der Waals surface area (Å²) in [5.41, 5.74) is 2.10. The zero-order valence-corrected chi connectivity index (χ0v) is 9.92. The van der Waals surface area contributed by atoms with Crippen LogP contribution in [0.4, 0.5) is 5.69 Å². The van der Waals surface area contributed by atoms with E-state index in [9.17, 15) is 4.79 Å². The maximum absolute atomic E-state index is 11.6. The number of nitrogens with one attached hydrogen (secondary N) is 1. The summed E-state index contributed by atoms with van der Waals surface area (Å²) in [5, 5.41) is 2.89. The molecule has 0 saturated carbocycles. The van der Waals surface area contributed by atoms with Gasteiger partial charge < -0.3 is 5.32 Å². The van der Waals surface area contributed by atoms with Crippen LogP contribution in [0.1, 0.15) is 32.8 Å².